The average Bonchev–Trinajstić information content (AvgIpc) is 3.48. The number of hydrogen-bond acceptors (Lipinski definition) is 4. The lowest BCUT2D eigenvalue weighted by Crippen LogP contribution is -2.38. The molecule has 4 aromatic rings. The van der Waals surface area contributed by atoms with Crippen molar-refractivity contribution >= 4 is 17.5 Å². The van der Waals surface area contributed by atoms with Crippen LogP contribution in [0.4, 0.5) is 13.2 Å². The van der Waals surface area contributed by atoms with Gasteiger partial charge in [-0.25, -0.2) is 17.7 Å². The van der Waals surface area contributed by atoms with Gasteiger partial charge in [-0.1, -0.05) is 18.2 Å². The van der Waals surface area contributed by atoms with E-state index in [2.05, 4.69) is 10.1 Å². The summed E-state index contributed by atoms with van der Waals surface area (Å²) in [6.07, 6.45) is -0.437. The first-order valence-corrected chi connectivity index (χ1v) is 12.0. The van der Waals surface area contributed by atoms with Crippen LogP contribution < -0.4 is 10.5 Å². The van der Waals surface area contributed by atoms with Crippen LogP contribution in [-0.2, 0) is 4.79 Å². The number of carbonyl (C=O) groups excluding carboxylic acids is 2. The third-order valence-electron chi connectivity index (χ3n) is 6.54. The minimum absolute atomic E-state index is 0.0157. The molecule has 8 nitrogen and oxygen atoms in total. The highest BCUT2D eigenvalue weighted by Crippen LogP contribution is 2.34. The van der Waals surface area contributed by atoms with Crippen LogP contribution in [-0.4, -0.2) is 50.8 Å². The number of benzene rings is 2. The normalized spacial score (nSPS) is 14.8. The van der Waals surface area contributed by atoms with E-state index in [9.17, 15) is 22.8 Å². The summed E-state index contributed by atoms with van der Waals surface area (Å²) in [4.78, 5) is 29.0. The Bertz CT molecular complexity index is 1490. The molecule has 1 aliphatic rings. The Morgan fingerprint density at radius 2 is 1.71 bits per heavy atom. The zero-order chi connectivity index (χ0) is 26.8. The Balaban J connectivity index is 1.37. The zero-order valence-corrected chi connectivity index (χ0v) is 20.1. The molecule has 0 radical (unpaired) electrons. The number of nitrogens with two attached hydrogens (primary N) is 1. The number of ether oxygens (including phenoxy) is 1. The molecule has 5 rings (SSSR count). The van der Waals surface area contributed by atoms with Gasteiger partial charge in [0, 0.05) is 30.3 Å². The molecular weight excluding hydrogens is 499 g/mol. The van der Waals surface area contributed by atoms with Crippen LogP contribution in [0.2, 0.25) is 0 Å². The fourth-order valence-electron chi connectivity index (χ4n) is 4.72. The number of fused-ring (bicyclic) bond motifs is 1. The molecule has 2 aromatic carbocycles. The van der Waals surface area contributed by atoms with Gasteiger partial charge < -0.3 is 20.4 Å². The zero-order valence-electron chi connectivity index (χ0n) is 20.1. The summed E-state index contributed by atoms with van der Waals surface area (Å²) in [5.74, 6) is -1.88. The van der Waals surface area contributed by atoms with Crippen molar-refractivity contribution in [1.29, 1.82) is 0 Å². The lowest BCUT2D eigenvalue weighted by atomic mass is 9.91. The summed E-state index contributed by atoms with van der Waals surface area (Å²) in [5.41, 5.74) is 8.52. The van der Waals surface area contributed by atoms with Gasteiger partial charge in [-0.05, 0) is 55.2 Å². The van der Waals surface area contributed by atoms with Crippen LogP contribution in [0, 0.1) is 0 Å². The molecule has 3 N–H and O–H groups in total. The number of halogens is 3. The van der Waals surface area contributed by atoms with Crippen LogP contribution in [0.5, 0.6) is 11.5 Å². The maximum Gasteiger partial charge on any atom is 0.282 e. The molecule has 38 heavy (non-hydrogen) atoms. The maximum atomic E-state index is 13.7. The second kappa shape index (κ2) is 10.4. The van der Waals surface area contributed by atoms with Gasteiger partial charge in [0.25, 0.3) is 18.2 Å². The first-order chi connectivity index (χ1) is 18.3. The number of piperidine rings is 1. The second-order valence-electron chi connectivity index (χ2n) is 8.93. The summed E-state index contributed by atoms with van der Waals surface area (Å²) in [7, 11) is 0. The Morgan fingerprint density at radius 3 is 2.34 bits per heavy atom. The van der Waals surface area contributed by atoms with Crippen LogP contribution in [0.1, 0.15) is 34.8 Å². The number of amides is 2. The second-order valence-corrected chi connectivity index (χ2v) is 8.93. The Kier molecular flexibility index (Phi) is 6.91. The topological polar surface area (TPSA) is 106 Å². The van der Waals surface area contributed by atoms with Crippen molar-refractivity contribution in [3.8, 4) is 22.8 Å². The van der Waals surface area contributed by atoms with Gasteiger partial charge >= 0.3 is 0 Å². The molecule has 0 unspecified atom stereocenters. The molecule has 3 heterocycles. The molecule has 0 saturated carbocycles. The van der Waals surface area contributed by atoms with Gasteiger partial charge in [0.15, 0.2) is 11.5 Å². The maximum absolute atomic E-state index is 13.7. The average molecular weight is 524 g/mol. The summed E-state index contributed by atoms with van der Waals surface area (Å²) in [6, 6.07) is 16.5. The van der Waals surface area contributed by atoms with E-state index in [1.54, 1.807) is 30.5 Å². The van der Waals surface area contributed by atoms with Crippen LogP contribution in [0.3, 0.4) is 0 Å². The predicted octanol–water partition coefficient (Wildman–Crippen LogP) is 5.05. The van der Waals surface area contributed by atoms with E-state index in [4.69, 9.17) is 10.5 Å². The largest absolute Gasteiger partial charge is 0.457 e. The Hall–Kier alpha value is -4.54. The quantitative estimate of drug-likeness (QED) is 0.331. The van der Waals surface area contributed by atoms with Crippen LogP contribution in [0.15, 0.2) is 72.7 Å². The minimum atomic E-state index is -3.04. The molecule has 1 fully saturated rings. The summed E-state index contributed by atoms with van der Waals surface area (Å²) >= 11 is 0. The van der Waals surface area contributed by atoms with E-state index in [-0.39, 0.29) is 30.8 Å². The number of carbonyl (C=O) groups is 2. The molecule has 0 atom stereocenters. The third-order valence-corrected chi connectivity index (χ3v) is 6.54. The van der Waals surface area contributed by atoms with Gasteiger partial charge in [0.05, 0.1) is 11.9 Å². The lowest BCUT2D eigenvalue weighted by Gasteiger charge is -2.31. The number of rotatable bonds is 7. The number of likely N-dealkylation sites (tertiary alicyclic amines) is 1. The Morgan fingerprint density at radius 1 is 1.05 bits per heavy atom. The van der Waals surface area contributed by atoms with Gasteiger partial charge in [0.1, 0.15) is 17.1 Å². The third kappa shape index (κ3) is 4.99. The van der Waals surface area contributed by atoms with E-state index in [1.807, 2.05) is 30.3 Å². The lowest BCUT2D eigenvalue weighted by molar-refractivity contribution is -0.129. The molecule has 196 valence electrons. The standard InChI is InChI=1S/C27H24F3N5O3/c28-21(14-22(29)30)27(37)34-12-10-16(11-13-34)20-15-32-35-24(25(31)36)23(33-26(20)35)17-6-8-19(9-7-17)38-18-4-2-1-3-5-18/h1-9,14-16,22,33H,10-13H2,(H2,31,36). The van der Waals surface area contributed by atoms with Crippen molar-refractivity contribution in [3.05, 3.63) is 84.0 Å². The fourth-order valence-corrected chi connectivity index (χ4v) is 4.72. The summed E-state index contributed by atoms with van der Waals surface area (Å²) in [6.45, 7) is 0.398. The van der Waals surface area contributed by atoms with Crippen LogP contribution >= 0.6 is 0 Å². The highest BCUT2D eigenvalue weighted by atomic mass is 19.3. The Labute approximate surface area is 215 Å². The molecule has 2 aromatic heterocycles. The highest BCUT2D eigenvalue weighted by molar-refractivity contribution is 5.98. The number of alkyl halides is 2. The van der Waals surface area contributed by atoms with E-state index in [0.29, 0.717) is 41.2 Å². The van der Waals surface area contributed by atoms with Gasteiger partial charge in [0.2, 0.25) is 0 Å². The van der Waals surface area contributed by atoms with E-state index >= 15 is 0 Å². The van der Waals surface area contributed by atoms with Crippen molar-refractivity contribution in [2.45, 2.75) is 25.2 Å². The molecule has 1 aliphatic heterocycles. The van der Waals surface area contributed by atoms with Crippen LogP contribution in [0.25, 0.3) is 16.9 Å². The highest BCUT2D eigenvalue weighted by Gasteiger charge is 2.30. The first kappa shape index (κ1) is 25.1. The van der Waals surface area contributed by atoms with Crippen molar-refractivity contribution in [2.75, 3.05) is 13.1 Å². The van der Waals surface area contributed by atoms with Gasteiger partial charge in [-0.3, -0.25) is 9.59 Å². The molecule has 0 spiro atoms. The SMILES string of the molecule is NC(=O)c1c(-c2ccc(Oc3ccccc3)cc2)[nH]c2c(C3CCN(C(=O)C(F)=CC(F)F)CC3)cnn12. The molecule has 2 amide bonds. The number of aromatic nitrogens is 3. The number of H-pyrrole nitrogens is 1. The van der Waals surface area contributed by atoms with Crippen molar-refractivity contribution < 1.29 is 27.5 Å². The fraction of sp³-hybridized carbons (Fsp3) is 0.222. The summed E-state index contributed by atoms with van der Waals surface area (Å²) < 4.78 is 45.8. The molecule has 11 heteroatoms. The number of allylic oxidation sites excluding steroid dienone is 1. The number of imidazole rings is 1. The number of aromatic amines is 1. The van der Waals surface area contributed by atoms with E-state index in [1.165, 1.54) is 9.42 Å². The van der Waals surface area contributed by atoms with E-state index in [0.717, 1.165) is 5.56 Å². The van der Waals surface area contributed by atoms with E-state index < -0.39 is 24.1 Å². The first-order valence-electron chi connectivity index (χ1n) is 12.0. The smallest absolute Gasteiger partial charge is 0.282 e. The number of para-hydroxylation sites is 1. The minimum Gasteiger partial charge on any atom is -0.457 e. The number of nitrogens with zero attached hydrogens (tertiary/aromatic N) is 3. The molecule has 1 saturated heterocycles. The van der Waals surface area contributed by atoms with Gasteiger partial charge in [-0.15, -0.1) is 0 Å². The van der Waals surface area contributed by atoms with Crippen molar-refractivity contribution in [1.82, 2.24) is 19.5 Å². The van der Waals surface area contributed by atoms with Crippen molar-refractivity contribution in [2.24, 2.45) is 5.73 Å². The van der Waals surface area contributed by atoms with Gasteiger partial charge in [-0.2, -0.15) is 5.10 Å². The molecular formula is C27H24F3N5O3. The predicted molar refractivity (Wildman–Crippen MR) is 134 cm³/mol. The molecule has 0 bridgehead atoms. The number of primary amides is 1. The number of hydrogen-bond donors (Lipinski definition) is 2. The van der Waals surface area contributed by atoms with Crippen molar-refractivity contribution in [3.63, 3.8) is 0 Å². The number of nitrogens with one attached hydrogen (secondary N) is 1. The molecule has 0 aliphatic carbocycles. The summed E-state index contributed by atoms with van der Waals surface area (Å²) in [5, 5.41) is 4.38. The monoisotopic (exact) mass is 523 g/mol.